The quantitative estimate of drug-likeness (QED) is 0.588. The highest BCUT2D eigenvalue weighted by molar-refractivity contribution is 5.88. The summed E-state index contributed by atoms with van der Waals surface area (Å²) in [6, 6.07) is -0.574. The smallest absolute Gasteiger partial charge is 0.332 e. The molecule has 0 aromatic rings. The number of carbonyl (C=O) groups is 1. The Bertz CT molecular complexity index is 386. The molecule has 0 aromatic heterocycles. The molecule has 3 N–H and O–H groups in total. The van der Waals surface area contributed by atoms with Crippen molar-refractivity contribution in [3.63, 3.8) is 0 Å². The number of hydrogen-bond acceptors (Lipinski definition) is 2. The monoisotopic (exact) mass is 251 g/mol. The lowest BCUT2D eigenvalue weighted by Crippen LogP contribution is -2.30. The maximum atomic E-state index is 10.8. The van der Waals surface area contributed by atoms with E-state index < -0.39 is 6.03 Å². The van der Waals surface area contributed by atoms with Gasteiger partial charge >= 0.3 is 6.03 Å². The highest BCUT2D eigenvalue weighted by atomic mass is 16.2. The van der Waals surface area contributed by atoms with Crippen LogP contribution in [0, 0.1) is 22.7 Å². The van der Waals surface area contributed by atoms with Crippen LogP contribution < -0.4 is 11.2 Å². The molecule has 0 aliphatic heterocycles. The van der Waals surface area contributed by atoms with Gasteiger partial charge in [-0.2, -0.15) is 5.10 Å². The van der Waals surface area contributed by atoms with Gasteiger partial charge in [-0.05, 0) is 42.4 Å². The Balaban J connectivity index is 2.21. The minimum absolute atomic E-state index is 0.375. The Morgan fingerprint density at radius 1 is 1.44 bits per heavy atom. The van der Waals surface area contributed by atoms with Crippen molar-refractivity contribution < 1.29 is 4.79 Å². The van der Waals surface area contributed by atoms with Crippen LogP contribution in [0.3, 0.4) is 0 Å². The van der Waals surface area contributed by atoms with E-state index in [9.17, 15) is 4.79 Å². The lowest BCUT2D eigenvalue weighted by molar-refractivity contribution is 0.152. The summed E-state index contributed by atoms with van der Waals surface area (Å²) in [6.45, 7) is 9.28. The molecule has 0 heterocycles. The molecule has 4 heteroatoms. The predicted octanol–water partition coefficient (Wildman–Crippen LogP) is 2.88. The zero-order valence-electron chi connectivity index (χ0n) is 11.9. The van der Waals surface area contributed by atoms with Crippen molar-refractivity contribution >= 4 is 11.7 Å². The summed E-state index contributed by atoms with van der Waals surface area (Å²) in [5, 5.41) is 4.23. The number of hydrazone groups is 1. The average molecular weight is 251 g/mol. The van der Waals surface area contributed by atoms with E-state index in [1.165, 1.54) is 19.3 Å². The number of hydrogen-bond donors (Lipinski definition) is 2. The van der Waals surface area contributed by atoms with Gasteiger partial charge in [0.1, 0.15) is 0 Å². The molecule has 0 radical (unpaired) electrons. The maximum absolute atomic E-state index is 10.8. The van der Waals surface area contributed by atoms with E-state index in [0.717, 1.165) is 12.1 Å². The second kappa shape index (κ2) is 4.25. The first-order valence-electron chi connectivity index (χ1n) is 6.93. The van der Waals surface area contributed by atoms with E-state index in [1.54, 1.807) is 0 Å². The van der Waals surface area contributed by atoms with E-state index in [0.29, 0.717) is 22.7 Å². The van der Waals surface area contributed by atoms with Crippen molar-refractivity contribution in [2.24, 2.45) is 33.5 Å². The molecule has 4 nitrogen and oxygen atoms in total. The Hall–Kier alpha value is -1.06. The number of amides is 2. The maximum Gasteiger partial charge on any atom is 0.332 e. The minimum Gasteiger partial charge on any atom is -0.350 e. The van der Waals surface area contributed by atoms with Crippen LogP contribution in [0.2, 0.25) is 0 Å². The van der Waals surface area contributed by atoms with Crippen LogP contribution in [0.1, 0.15) is 53.4 Å². The van der Waals surface area contributed by atoms with Gasteiger partial charge in [-0.3, -0.25) is 0 Å². The number of primary amides is 1. The Morgan fingerprint density at radius 3 is 2.50 bits per heavy atom. The van der Waals surface area contributed by atoms with E-state index in [2.05, 4.69) is 38.2 Å². The Labute approximate surface area is 109 Å². The summed E-state index contributed by atoms with van der Waals surface area (Å²) < 4.78 is 0. The fraction of sp³-hybridized carbons (Fsp3) is 0.857. The Kier molecular flexibility index (Phi) is 3.16. The van der Waals surface area contributed by atoms with Crippen LogP contribution in [-0.4, -0.2) is 11.7 Å². The van der Waals surface area contributed by atoms with Gasteiger partial charge in [0.25, 0.3) is 0 Å². The third-order valence-electron chi connectivity index (χ3n) is 5.75. The highest BCUT2D eigenvalue weighted by Crippen LogP contribution is 2.67. The van der Waals surface area contributed by atoms with Gasteiger partial charge < -0.3 is 5.73 Å². The second-order valence-corrected chi connectivity index (χ2v) is 6.67. The SMILES string of the molecule is CCC(=NNC(N)=O)[C@@H]1C[C@@]2(C)CC[C@H]1C2(C)C. The molecule has 2 fully saturated rings. The first kappa shape index (κ1) is 13.4. The molecule has 3 atom stereocenters. The summed E-state index contributed by atoms with van der Waals surface area (Å²) in [5.41, 5.74) is 9.40. The zero-order valence-corrected chi connectivity index (χ0v) is 11.9. The first-order valence-corrected chi connectivity index (χ1v) is 6.93. The predicted molar refractivity (Wildman–Crippen MR) is 73.2 cm³/mol. The molecule has 2 saturated carbocycles. The average Bonchev–Trinajstić information content (AvgIpc) is 2.61. The molecule has 102 valence electrons. The molecular formula is C14H25N3O. The number of nitrogens with two attached hydrogens (primary N) is 1. The van der Waals surface area contributed by atoms with Crippen LogP contribution in [-0.2, 0) is 0 Å². The van der Waals surface area contributed by atoms with E-state index in [1.807, 2.05) is 0 Å². The summed E-state index contributed by atoms with van der Waals surface area (Å²) >= 11 is 0. The van der Waals surface area contributed by atoms with Crippen LogP contribution in [0.25, 0.3) is 0 Å². The van der Waals surface area contributed by atoms with Gasteiger partial charge in [-0.1, -0.05) is 27.7 Å². The summed E-state index contributed by atoms with van der Waals surface area (Å²) in [5.74, 6) is 1.20. The van der Waals surface area contributed by atoms with Gasteiger partial charge in [0.15, 0.2) is 0 Å². The Morgan fingerprint density at radius 2 is 2.11 bits per heavy atom. The van der Waals surface area contributed by atoms with Crippen LogP contribution in [0.4, 0.5) is 4.79 Å². The molecule has 2 bridgehead atoms. The van der Waals surface area contributed by atoms with Gasteiger partial charge in [0.2, 0.25) is 0 Å². The third-order valence-corrected chi connectivity index (χ3v) is 5.75. The fourth-order valence-electron chi connectivity index (χ4n) is 4.20. The molecule has 2 aliphatic rings. The standard InChI is InChI=1S/C14H25N3O/c1-5-11(16-17-12(15)18)9-8-14(4)7-6-10(9)13(14,2)3/h9-10H,5-8H2,1-4H3,(H3,15,17,18)/t9-,10-,14-/m1/s1. The van der Waals surface area contributed by atoms with Crippen LogP contribution >= 0.6 is 0 Å². The number of nitrogens with zero attached hydrogens (tertiary/aromatic N) is 1. The molecular weight excluding hydrogens is 226 g/mol. The van der Waals surface area contributed by atoms with Crippen LogP contribution in [0.15, 0.2) is 5.10 Å². The molecule has 18 heavy (non-hydrogen) atoms. The van der Waals surface area contributed by atoms with Gasteiger partial charge in [-0.15, -0.1) is 0 Å². The topological polar surface area (TPSA) is 67.5 Å². The van der Waals surface area contributed by atoms with Crippen molar-refractivity contribution in [3.05, 3.63) is 0 Å². The molecule has 2 aliphatic carbocycles. The lowest BCUT2D eigenvalue weighted by atomic mass is 9.71. The number of carbonyl (C=O) groups excluding carboxylic acids is 1. The van der Waals surface area contributed by atoms with Crippen molar-refractivity contribution in [3.8, 4) is 0 Å². The molecule has 2 rings (SSSR count). The van der Waals surface area contributed by atoms with Crippen molar-refractivity contribution in [2.45, 2.75) is 53.4 Å². The van der Waals surface area contributed by atoms with Crippen molar-refractivity contribution in [1.29, 1.82) is 0 Å². The van der Waals surface area contributed by atoms with Crippen molar-refractivity contribution in [2.75, 3.05) is 0 Å². The number of urea groups is 1. The minimum atomic E-state index is -0.574. The molecule has 0 unspecified atom stereocenters. The number of nitrogens with one attached hydrogen (secondary N) is 1. The first-order chi connectivity index (χ1) is 8.32. The van der Waals surface area contributed by atoms with Gasteiger partial charge in [-0.25, -0.2) is 10.2 Å². The third kappa shape index (κ3) is 1.82. The normalized spacial score (nSPS) is 37.9. The summed E-state index contributed by atoms with van der Waals surface area (Å²) in [7, 11) is 0. The zero-order chi connectivity index (χ0) is 13.6. The lowest BCUT2D eigenvalue weighted by Gasteiger charge is -2.34. The van der Waals surface area contributed by atoms with Crippen molar-refractivity contribution in [1.82, 2.24) is 5.43 Å². The van der Waals surface area contributed by atoms with Crippen LogP contribution in [0.5, 0.6) is 0 Å². The fourth-order valence-corrected chi connectivity index (χ4v) is 4.20. The summed E-state index contributed by atoms with van der Waals surface area (Å²) in [4.78, 5) is 10.8. The van der Waals surface area contributed by atoms with Gasteiger partial charge in [0.05, 0.1) is 0 Å². The second-order valence-electron chi connectivity index (χ2n) is 6.67. The largest absolute Gasteiger partial charge is 0.350 e. The molecule has 2 amide bonds. The number of rotatable bonds is 3. The van der Waals surface area contributed by atoms with Gasteiger partial charge in [0, 0.05) is 11.6 Å². The molecule has 0 spiro atoms. The van der Waals surface area contributed by atoms with E-state index >= 15 is 0 Å². The summed E-state index contributed by atoms with van der Waals surface area (Å²) in [6.07, 6.45) is 4.68. The molecule has 0 aromatic carbocycles. The highest BCUT2D eigenvalue weighted by Gasteiger charge is 2.61. The van der Waals surface area contributed by atoms with E-state index in [4.69, 9.17) is 5.73 Å². The number of fused-ring (bicyclic) bond motifs is 2. The molecule has 0 saturated heterocycles. The van der Waals surface area contributed by atoms with E-state index in [-0.39, 0.29) is 0 Å².